The first kappa shape index (κ1) is 11.9. The van der Waals surface area contributed by atoms with Crippen LogP contribution < -0.4 is 5.32 Å². The summed E-state index contributed by atoms with van der Waals surface area (Å²) in [6.45, 7) is 1.41. The van der Waals surface area contributed by atoms with E-state index in [0.717, 1.165) is 12.8 Å². The average Bonchev–Trinajstić information content (AvgIpc) is 2.01. The monoisotopic (exact) mass is 202 g/mol. The van der Waals surface area contributed by atoms with Crippen molar-refractivity contribution in [3.63, 3.8) is 0 Å². The molecule has 1 fully saturated rings. The number of likely N-dealkylation sites (N-methyl/N-ethyl adjacent to an activating group) is 1. The number of aliphatic hydroxyl groups is 2. The maximum absolute atomic E-state index is 9.61. The lowest BCUT2D eigenvalue weighted by Crippen LogP contribution is -2.56. The van der Waals surface area contributed by atoms with E-state index in [9.17, 15) is 10.2 Å². The fraction of sp³-hybridized carbons (Fsp3) is 1.00. The van der Waals surface area contributed by atoms with E-state index in [1.807, 2.05) is 19.0 Å². The van der Waals surface area contributed by atoms with Gasteiger partial charge in [0.15, 0.2) is 0 Å². The van der Waals surface area contributed by atoms with Crippen LogP contribution in [0.5, 0.6) is 0 Å². The molecule has 1 saturated carbocycles. The zero-order valence-electron chi connectivity index (χ0n) is 9.16. The standard InChI is InChI=1S/C10H22N2O2/c1-12(2)7-9(14)6-11-10(8-13)4-3-5-10/h9,11,13-14H,3-8H2,1-2H3. The second kappa shape index (κ2) is 5.07. The molecule has 14 heavy (non-hydrogen) atoms. The maximum atomic E-state index is 9.61. The van der Waals surface area contributed by atoms with Crippen LogP contribution in [0, 0.1) is 0 Å². The topological polar surface area (TPSA) is 55.7 Å². The van der Waals surface area contributed by atoms with Gasteiger partial charge in [0.1, 0.15) is 0 Å². The number of nitrogens with one attached hydrogen (secondary N) is 1. The largest absolute Gasteiger partial charge is 0.394 e. The van der Waals surface area contributed by atoms with Gasteiger partial charge in [0, 0.05) is 18.6 Å². The van der Waals surface area contributed by atoms with E-state index in [2.05, 4.69) is 5.32 Å². The summed E-state index contributed by atoms with van der Waals surface area (Å²) in [5, 5.41) is 22.0. The molecule has 1 aliphatic carbocycles. The Kier molecular flexibility index (Phi) is 4.31. The number of β-amino-alcohol motifs (C(OH)–C–C–N with tert-alkyl or cyclic N) is 1. The lowest BCUT2D eigenvalue weighted by atomic mass is 9.77. The van der Waals surface area contributed by atoms with Gasteiger partial charge in [0.05, 0.1) is 12.7 Å². The van der Waals surface area contributed by atoms with E-state index < -0.39 is 0 Å². The summed E-state index contributed by atoms with van der Waals surface area (Å²) in [6, 6.07) is 0. The number of aliphatic hydroxyl groups excluding tert-OH is 2. The fourth-order valence-electron chi connectivity index (χ4n) is 1.81. The summed E-state index contributed by atoms with van der Waals surface area (Å²) >= 11 is 0. The third-order valence-corrected chi connectivity index (χ3v) is 2.90. The Morgan fingerprint density at radius 3 is 2.43 bits per heavy atom. The number of nitrogens with zero attached hydrogens (tertiary/aromatic N) is 1. The van der Waals surface area contributed by atoms with Crippen LogP contribution in [0.4, 0.5) is 0 Å². The molecule has 1 atom stereocenters. The smallest absolute Gasteiger partial charge is 0.0791 e. The van der Waals surface area contributed by atoms with E-state index >= 15 is 0 Å². The molecule has 0 amide bonds. The molecule has 3 N–H and O–H groups in total. The molecular weight excluding hydrogens is 180 g/mol. The van der Waals surface area contributed by atoms with Gasteiger partial charge >= 0.3 is 0 Å². The molecule has 0 aromatic carbocycles. The van der Waals surface area contributed by atoms with Crippen molar-refractivity contribution in [2.24, 2.45) is 0 Å². The molecule has 1 rings (SSSR count). The molecule has 0 aliphatic heterocycles. The molecule has 4 nitrogen and oxygen atoms in total. The maximum Gasteiger partial charge on any atom is 0.0791 e. The van der Waals surface area contributed by atoms with Crippen LogP contribution in [0.25, 0.3) is 0 Å². The Morgan fingerprint density at radius 1 is 1.43 bits per heavy atom. The van der Waals surface area contributed by atoms with Crippen molar-refractivity contribution in [3.8, 4) is 0 Å². The Hall–Kier alpha value is -0.160. The third kappa shape index (κ3) is 3.20. The molecule has 0 heterocycles. The first-order valence-corrected chi connectivity index (χ1v) is 5.27. The van der Waals surface area contributed by atoms with Gasteiger partial charge in [-0.05, 0) is 33.4 Å². The first-order valence-electron chi connectivity index (χ1n) is 5.27. The minimum Gasteiger partial charge on any atom is -0.394 e. The highest BCUT2D eigenvalue weighted by atomic mass is 16.3. The lowest BCUT2D eigenvalue weighted by Gasteiger charge is -2.41. The summed E-state index contributed by atoms with van der Waals surface area (Å²) in [5.41, 5.74) is -0.0900. The molecule has 0 saturated heterocycles. The van der Waals surface area contributed by atoms with Crippen LogP contribution in [0.3, 0.4) is 0 Å². The minimum absolute atomic E-state index is 0.0900. The van der Waals surface area contributed by atoms with E-state index in [-0.39, 0.29) is 18.2 Å². The van der Waals surface area contributed by atoms with E-state index in [1.54, 1.807) is 0 Å². The van der Waals surface area contributed by atoms with Crippen molar-refractivity contribution < 1.29 is 10.2 Å². The van der Waals surface area contributed by atoms with Crippen molar-refractivity contribution in [3.05, 3.63) is 0 Å². The Labute approximate surface area is 85.9 Å². The van der Waals surface area contributed by atoms with Crippen LogP contribution >= 0.6 is 0 Å². The van der Waals surface area contributed by atoms with Crippen molar-refractivity contribution in [1.82, 2.24) is 10.2 Å². The Morgan fingerprint density at radius 2 is 2.07 bits per heavy atom. The van der Waals surface area contributed by atoms with Gasteiger partial charge in [-0.3, -0.25) is 0 Å². The molecule has 0 aromatic heterocycles. The van der Waals surface area contributed by atoms with Gasteiger partial charge in [-0.2, -0.15) is 0 Å². The SMILES string of the molecule is CN(C)CC(O)CNC1(CO)CCC1. The summed E-state index contributed by atoms with van der Waals surface area (Å²) in [6.07, 6.45) is 2.88. The molecule has 84 valence electrons. The number of hydrogen-bond donors (Lipinski definition) is 3. The molecular formula is C10H22N2O2. The second-order valence-electron chi connectivity index (χ2n) is 4.59. The molecule has 0 radical (unpaired) electrons. The van der Waals surface area contributed by atoms with Crippen LogP contribution in [-0.4, -0.2) is 60.5 Å². The van der Waals surface area contributed by atoms with Crippen molar-refractivity contribution in [2.45, 2.75) is 30.9 Å². The van der Waals surface area contributed by atoms with E-state index in [4.69, 9.17) is 0 Å². The van der Waals surface area contributed by atoms with Gasteiger partial charge in [0.2, 0.25) is 0 Å². The van der Waals surface area contributed by atoms with E-state index in [1.165, 1.54) is 6.42 Å². The van der Waals surface area contributed by atoms with Gasteiger partial charge in [-0.1, -0.05) is 0 Å². The first-order chi connectivity index (χ1) is 6.58. The quantitative estimate of drug-likeness (QED) is 0.539. The van der Waals surface area contributed by atoms with Gasteiger partial charge < -0.3 is 20.4 Å². The van der Waals surface area contributed by atoms with Crippen molar-refractivity contribution >= 4 is 0 Å². The normalized spacial score (nSPS) is 22.1. The van der Waals surface area contributed by atoms with Gasteiger partial charge in [-0.25, -0.2) is 0 Å². The molecule has 0 aromatic rings. The second-order valence-corrected chi connectivity index (χ2v) is 4.59. The lowest BCUT2D eigenvalue weighted by molar-refractivity contribution is 0.0622. The molecule has 1 unspecified atom stereocenters. The number of rotatable bonds is 6. The summed E-state index contributed by atoms with van der Waals surface area (Å²) in [7, 11) is 3.88. The minimum atomic E-state index is -0.353. The van der Waals surface area contributed by atoms with Crippen molar-refractivity contribution in [1.29, 1.82) is 0 Å². The molecule has 0 spiro atoms. The van der Waals surface area contributed by atoms with Crippen LogP contribution in [0.15, 0.2) is 0 Å². The zero-order chi connectivity index (χ0) is 10.6. The highest BCUT2D eigenvalue weighted by molar-refractivity contribution is 4.95. The molecule has 0 bridgehead atoms. The van der Waals surface area contributed by atoms with Crippen LogP contribution in [-0.2, 0) is 0 Å². The Bertz CT molecular complexity index is 164. The van der Waals surface area contributed by atoms with Gasteiger partial charge in [0.25, 0.3) is 0 Å². The van der Waals surface area contributed by atoms with Gasteiger partial charge in [-0.15, -0.1) is 0 Å². The summed E-state index contributed by atoms with van der Waals surface area (Å²) in [4.78, 5) is 1.96. The predicted molar refractivity (Wildman–Crippen MR) is 56.2 cm³/mol. The zero-order valence-corrected chi connectivity index (χ0v) is 9.16. The highest BCUT2D eigenvalue weighted by Gasteiger charge is 2.35. The van der Waals surface area contributed by atoms with Crippen LogP contribution in [0.2, 0.25) is 0 Å². The number of hydrogen-bond acceptors (Lipinski definition) is 4. The average molecular weight is 202 g/mol. The summed E-state index contributed by atoms with van der Waals surface area (Å²) < 4.78 is 0. The summed E-state index contributed by atoms with van der Waals surface area (Å²) in [5.74, 6) is 0. The van der Waals surface area contributed by atoms with Crippen molar-refractivity contribution in [2.75, 3.05) is 33.8 Å². The Balaban J connectivity index is 2.18. The fourth-order valence-corrected chi connectivity index (χ4v) is 1.81. The molecule has 1 aliphatic rings. The predicted octanol–water partition coefficient (Wildman–Crippen LogP) is -0.586. The highest BCUT2D eigenvalue weighted by Crippen LogP contribution is 2.30. The molecule has 4 heteroatoms. The van der Waals surface area contributed by atoms with Crippen LogP contribution in [0.1, 0.15) is 19.3 Å². The third-order valence-electron chi connectivity index (χ3n) is 2.90. The van der Waals surface area contributed by atoms with E-state index in [0.29, 0.717) is 13.1 Å².